The fourth-order valence-electron chi connectivity index (χ4n) is 1.06. The molecule has 1 N–H and O–H groups in total. The standard InChI is InChI=1S/C8H7BrF3NOS/c1-15(13,14)7-3-2-5(9)4-6(7)8(10,11)12/h2-4,13H,1H3. The van der Waals surface area contributed by atoms with E-state index in [1.807, 2.05) is 0 Å². The van der Waals surface area contributed by atoms with Gasteiger partial charge < -0.3 is 0 Å². The Balaban J connectivity index is 3.55. The monoisotopic (exact) mass is 301 g/mol. The van der Waals surface area contributed by atoms with Crippen molar-refractivity contribution in [2.24, 2.45) is 0 Å². The summed E-state index contributed by atoms with van der Waals surface area (Å²) in [5, 5.41) is 0. The summed E-state index contributed by atoms with van der Waals surface area (Å²) in [5.74, 6) is 0. The molecule has 15 heavy (non-hydrogen) atoms. The first-order valence-electron chi connectivity index (χ1n) is 3.73. The third-order valence-electron chi connectivity index (χ3n) is 1.67. The van der Waals surface area contributed by atoms with Gasteiger partial charge in [-0.15, -0.1) is 0 Å². The van der Waals surface area contributed by atoms with Crippen LogP contribution in [0.4, 0.5) is 13.2 Å². The lowest BCUT2D eigenvalue weighted by molar-refractivity contribution is -0.139. The lowest BCUT2D eigenvalue weighted by Crippen LogP contribution is -2.11. The van der Waals surface area contributed by atoms with Crippen molar-refractivity contribution < 1.29 is 17.4 Å². The third-order valence-corrected chi connectivity index (χ3v) is 3.36. The van der Waals surface area contributed by atoms with E-state index in [1.54, 1.807) is 0 Å². The first kappa shape index (κ1) is 12.5. The van der Waals surface area contributed by atoms with Gasteiger partial charge >= 0.3 is 6.18 Å². The Hall–Kier alpha value is -0.560. The molecule has 0 aliphatic carbocycles. The molecule has 0 bridgehead atoms. The van der Waals surface area contributed by atoms with Gasteiger partial charge in [-0.25, -0.2) is 8.99 Å². The second kappa shape index (κ2) is 3.79. The van der Waals surface area contributed by atoms with Crippen LogP contribution in [0, 0.1) is 4.78 Å². The van der Waals surface area contributed by atoms with Gasteiger partial charge in [-0.3, -0.25) is 0 Å². The third kappa shape index (κ3) is 2.94. The van der Waals surface area contributed by atoms with Gasteiger partial charge in [0.25, 0.3) is 0 Å². The largest absolute Gasteiger partial charge is 0.417 e. The van der Waals surface area contributed by atoms with Gasteiger partial charge in [-0.2, -0.15) is 13.2 Å². The molecule has 0 spiro atoms. The molecule has 0 heterocycles. The maximum atomic E-state index is 12.5. The molecule has 1 unspecified atom stereocenters. The molecule has 0 amide bonds. The lowest BCUT2D eigenvalue weighted by atomic mass is 10.2. The summed E-state index contributed by atoms with van der Waals surface area (Å²) >= 11 is 2.90. The zero-order valence-electron chi connectivity index (χ0n) is 7.56. The summed E-state index contributed by atoms with van der Waals surface area (Å²) in [5.41, 5.74) is -1.03. The van der Waals surface area contributed by atoms with E-state index < -0.39 is 26.4 Å². The zero-order valence-corrected chi connectivity index (χ0v) is 9.96. The van der Waals surface area contributed by atoms with E-state index in [9.17, 15) is 17.4 Å². The summed E-state index contributed by atoms with van der Waals surface area (Å²) in [4.78, 5) is -0.488. The molecule has 1 aromatic rings. The Bertz CT molecular complexity index is 481. The van der Waals surface area contributed by atoms with Gasteiger partial charge in [0, 0.05) is 10.7 Å². The average molecular weight is 302 g/mol. The Morgan fingerprint density at radius 3 is 2.33 bits per heavy atom. The number of halogens is 4. The van der Waals surface area contributed by atoms with Crippen molar-refractivity contribution in [2.75, 3.05) is 6.26 Å². The lowest BCUT2D eigenvalue weighted by Gasteiger charge is -2.12. The van der Waals surface area contributed by atoms with E-state index in [1.165, 1.54) is 6.07 Å². The second-order valence-corrected chi connectivity index (χ2v) is 6.02. The highest BCUT2D eigenvalue weighted by Gasteiger charge is 2.35. The van der Waals surface area contributed by atoms with Crippen LogP contribution in [-0.4, -0.2) is 10.5 Å². The number of nitrogens with one attached hydrogen (secondary N) is 1. The van der Waals surface area contributed by atoms with Gasteiger partial charge in [0.1, 0.15) is 0 Å². The second-order valence-electron chi connectivity index (χ2n) is 2.98. The number of hydrogen-bond acceptors (Lipinski definition) is 2. The van der Waals surface area contributed by atoms with E-state index in [4.69, 9.17) is 4.78 Å². The molecular formula is C8H7BrF3NOS. The van der Waals surface area contributed by atoms with Crippen LogP contribution in [0.25, 0.3) is 0 Å². The van der Waals surface area contributed by atoms with Crippen molar-refractivity contribution in [1.82, 2.24) is 0 Å². The van der Waals surface area contributed by atoms with Crippen molar-refractivity contribution in [1.29, 1.82) is 4.78 Å². The minimum Gasteiger partial charge on any atom is -0.249 e. The fraction of sp³-hybridized carbons (Fsp3) is 0.250. The zero-order chi connectivity index (χ0) is 11.9. The average Bonchev–Trinajstić information content (AvgIpc) is 2.00. The molecule has 2 nitrogen and oxygen atoms in total. The highest BCUT2D eigenvalue weighted by Crippen LogP contribution is 2.35. The molecular weight excluding hydrogens is 295 g/mol. The van der Waals surface area contributed by atoms with Crippen LogP contribution in [0.2, 0.25) is 0 Å². The van der Waals surface area contributed by atoms with Gasteiger partial charge in [0.2, 0.25) is 0 Å². The molecule has 0 saturated heterocycles. The van der Waals surface area contributed by atoms with E-state index in [2.05, 4.69) is 15.9 Å². The van der Waals surface area contributed by atoms with Crippen molar-refractivity contribution in [3.63, 3.8) is 0 Å². The maximum absolute atomic E-state index is 12.5. The van der Waals surface area contributed by atoms with Gasteiger partial charge in [0.05, 0.1) is 20.2 Å². The predicted molar refractivity (Wildman–Crippen MR) is 54.2 cm³/mol. The first-order chi connectivity index (χ1) is 6.62. The SMILES string of the molecule is CS(=N)(=O)c1ccc(Br)cc1C(F)(F)F. The highest BCUT2D eigenvalue weighted by atomic mass is 79.9. The summed E-state index contributed by atoms with van der Waals surface area (Å²) < 4.78 is 56.3. The highest BCUT2D eigenvalue weighted by molar-refractivity contribution is 9.10. The number of hydrogen-bond donors (Lipinski definition) is 1. The van der Waals surface area contributed by atoms with Crippen molar-refractivity contribution in [2.45, 2.75) is 11.1 Å². The van der Waals surface area contributed by atoms with E-state index in [-0.39, 0.29) is 4.47 Å². The van der Waals surface area contributed by atoms with Crippen molar-refractivity contribution >= 4 is 25.7 Å². The molecule has 0 fully saturated rings. The Morgan fingerprint density at radius 2 is 1.93 bits per heavy atom. The quantitative estimate of drug-likeness (QED) is 0.847. The minimum absolute atomic E-state index is 0.238. The summed E-state index contributed by atoms with van der Waals surface area (Å²) in [6.45, 7) is 0. The molecule has 1 rings (SSSR count). The van der Waals surface area contributed by atoms with Crippen LogP contribution in [0.5, 0.6) is 0 Å². The van der Waals surface area contributed by atoms with Crippen molar-refractivity contribution in [3.05, 3.63) is 28.2 Å². The Morgan fingerprint density at radius 1 is 1.40 bits per heavy atom. The van der Waals surface area contributed by atoms with Crippen molar-refractivity contribution in [3.8, 4) is 0 Å². The van der Waals surface area contributed by atoms with Crippen LogP contribution in [-0.2, 0) is 15.9 Å². The summed E-state index contributed by atoms with van der Waals surface area (Å²) in [6, 6.07) is 3.22. The van der Waals surface area contributed by atoms with Gasteiger partial charge in [-0.05, 0) is 18.2 Å². The Labute approximate surface area is 93.6 Å². The van der Waals surface area contributed by atoms with Crippen LogP contribution in [0.3, 0.4) is 0 Å². The first-order valence-corrected chi connectivity index (χ1v) is 6.49. The molecule has 84 valence electrons. The number of alkyl halides is 3. The van der Waals surface area contributed by atoms with Crippen LogP contribution in [0.1, 0.15) is 5.56 Å². The van der Waals surface area contributed by atoms with Crippen LogP contribution < -0.4 is 0 Å². The number of rotatable bonds is 1. The molecule has 1 atom stereocenters. The fourth-order valence-corrected chi connectivity index (χ4v) is 2.35. The molecule has 0 aromatic heterocycles. The molecule has 0 radical (unpaired) electrons. The van der Waals surface area contributed by atoms with E-state index >= 15 is 0 Å². The molecule has 7 heteroatoms. The number of benzene rings is 1. The minimum atomic E-state index is -4.60. The topological polar surface area (TPSA) is 40.9 Å². The molecule has 0 aliphatic rings. The Kier molecular flexibility index (Phi) is 3.16. The van der Waals surface area contributed by atoms with Gasteiger partial charge in [-0.1, -0.05) is 15.9 Å². The normalized spacial score (nSPS) is 16.1. The van der Waals surface area contributed by atoms with Gasteiger partial charge in [0.15, 0.2) is 0 Å². The van der Waals surface area contributed by atoms with Crippen LogP contribution in [0.15, 0.2) is 27.6 Å². The molecule has 0 aliphatic heterocycles. The van der Waals surface area contributed by atoms with Crippen LogP contribution >= 0.6 is 15.9 Å². The predicted octanol–water partition coefficient (Wildman–Crippen LogP) is 3.50. The maximum Gasteiger partial charge on any atom is 0.417 e. The van der Waals surface area contributed by atoms with E-state index in [0.717, 1.165) is 18.4 Å². The molecule has 1 aromatic carbocycles. The molecule has 0 saturated carbocycles. The van der Waals surface area contributed by atoms with E-state index in [0.29, 0.717) is 0 Å². The summed E-state index contributed by atoms with van der Waals surface area (Å²) in [7, 11) is -3.37. The smallest absolute Gasteiger partial charge is 0.249 e. The summed E-state index contributed by atoms with van der Waals surface area (Å²) in [6.07, 6.45) is -3.63.